The average molecular weight is 221 g/mol. The molecule has 0 aliphatic carbocycles. The van der Waals surface area contributed by atoms with Gasteiger partial charge in [0.2, 0.25) is 0 Å². The molecule has 88 valence electrons. The Hall–Kier alpha value is -1.29. The summed E-state index contributed by atoms with van der Waals surface area (Å²) in [5.74, 6) is 0.118. The van der Waals surface area contributed by atoms with Gasteiger partial charge in [0.1, 0.15) is 5.69 Å². The third-order valence-electron chi connectivity index (χ3n) is 3.34. The number of piperidine rings is 1. The molecular weight excluding hydrogens is 202 g/mol. The van der Waals surface area contributed by atoms with Crippen molar-refractivity contribution in [3.8, 4) is 0 Å². The van der Waals surface area contributed by atoms with Gasteiger partial charge in [-0.05, 0) is 31.9 Å². The second-order valence-corrected chi connectivity index (χ2v) is 4.64. The first-order valence-corrected chi connectivity index (χ1v) is 5.77. The van der Waals surface area contributed by atoms with E-state index in [1.807, 2.05) is 34.8 Å². The molecule has 0 radical (unpaired) electrons. The van der Waals surface area contributed by atoms with Gasteiger partial charge in [0.05, 0.1) is 0 Å². The maximum atomic E-state index is 12.3. The van der Waals surface area contributed by atoms with Gasteiger partial charge < -0.3 is 15.2 Å². The minimum absolute atomic E-state index is 0.118. The van der Waals surface area contributed by atoms with Crippen molar-refractivity contribution in [3.05, 3.63) is 24.0 Å². The number of carbonyl (C=O) groups is 1. The molecule has 1 aromatic rings. The smallest absolute Gasteiger partial charge is 0.270 e. The molecule has 0 saturated carbocycles. The molecule has 0 bridgehead atoms. The Labute approximate surface area is 96.0 Å². The van der Waals surface area contributed by atoms with Crippen molar-refractivity contribution in [2.45, 2.75) is 31.8 Å². The van der Waals surface area contributed by atoms with Crippen LogP contribution in [0.1, 0.15) is 30.3 Å². The number of aromatic nitrogens is 1. The van der Waals surface area contributed by atoms with E-state index in [-0.39, 0.29) is 18.0 Å². The van der Waals surface area contributed by atoms with Gasteiger partial charge in [-0.25, -0.2) is 0 Å². The van der Waals surface area contributed by atoms with Crippen molar-refractivity contribution in [2.75, 3.05) is 6.54 Å². The lowest BCUT2D eigenvalue weighted by molar-refractivity contribution is 0.0609. The zero-order valence-corrected chi connectivity index (χ0v) is 9.89. The van der Waals surface area contributed by atoms with Gasteiger partial charge in [-0.3, -0.25) is 4.79 Å². The van der Waals surface area contributed by atoms with Gasteiger partial charge in [-0.1, -0.05) is 0 Å². The van der Waals surface area contributed by atoms with E-state index in [4.69, 9.17) is 5.73 Å². The van der Waals surface area contributed by atoms with Gasteiger partial charge in [-0.15, -0.1) is 0 Å². The molecule has 1 amide bonds. The number of carbonyl (C=O) groups excluding carboxylic acids is 1. The first-order valence-electron chi connectivity index (χ1n) is 5.77. The summed E-state index contributed by atoms with van der Waals surface area (Å²) in [7, 11) is 1.90. The molecule has 2 unspecified atom stereocenters. The van der Waals surface area contributed by atoms with Crippen LogP contribution >= 0.6 is 0 Å². The van der Waals surface area contributed by atoms with Gasteiger partial charge in [0.25, 0.3) is 5.91 Å². The summed E-state index contributed by atoms with van der Waals surface area (Å²) < 4.78 is 1.86. The molecular formula is C12H19N3O. The maximum Gasteiger partial charge on any atom is 0.270 e. The molecule has 1 aromatic heterocycles. The third-order valence-corrected chi connectivity index (χ3v) is 3.34. The number of nitrogens with zero attached hydrogens (tertiary/aromatic N) is 2. The van der Waals surface area contributed by atoms with Crippen LogP contribution in [0.25, 0.3) is 0 Å². The van der Waals surface area contributed by atoms with Gasteiger partial charge in [0.15, 0.2) is 0 Å². The van der Waals surface area contributed by atoms with E-state index in [0.29, 0.717) is 0 Å². The fraction of sp³-hybridized carbons (Fsp3) is 0.583. The Bertz CT molecular complexity index is 385. The molecule has 4 heteroatoms. The van der Waals surface area contributed by atoms with Crippen molar-refractivity contribution in [3.63, 3.8) is 0 Å². The van der Waals surface area contributed by atoms with E-state index >= 15 is 0 Å². The van der Waals surface area contributed by atoms with Crippen LogP contribution < -0.4 is 5.73 Å². The normalized spacial score (nSPS) is 25.8. The summed E-state index contributed by atoms with van der Waals surface area (Å²) in [4.78, 5) is 14.2. The standard InChI is InChI=1S/C12H19N3O/c1-9-8-10(13)5-7-15(9)12(16)11-4-3-6-14(11)2/h3-4,6,9-10H,5,7-8,13H2,1-2H3. The minimum atomic E-state index is 0.118. The quantitative estimate of drug-likeness (QED) is 0.768. The largest absolute Gasteiger partial charge is 0.347 e. The number of hydrogen-bond donors (Lipinski definition) is 1. The Morgan fingerprint density at radius 1 is 1.56 bits per heavy atom. The first kappa shape index (κ1) is 11.2. The Morgan fingerprint density at radius 3 is 2.88 bits per heavy atom. The highest BCUT2D eigenvalue weighted by Gasteiger charge is 2.28. The number of nitrogens with two attached hydrogens (primary N) is 1. The van der Waals surface area contributed by atoms with E-state index in [0.717, 1.165) is 25.1 Å². The molecule has 0 spiro atoms. The lowest BCUT2D eigenvalue weighted by Crippen LogP contribution is -2.48. The SMILES string of the molecule is CC1CC(N)CCN1C(=O)c1cccn1C. The van der Waals surface area contributed by atoms with Crippen molar-refractivity contribution in [2.24, 2.45) is 12.8 Å². The Kier molecular flexibility index (Phi) is 3.01. The summed E-state index contributed by atoms with van der Waals surface area (Å²) in [5.41, 5.74) is 6.65. The molecule has 2 heterocycles. The number of hydrogen-bond acceptors (Lipinski definition) is 2. The highest BCUT2D eigenvalue weighted by Crippen LogP contribution is 2.18. The van der Waals surface area contributed by atoms with Gasteiger partial charge in [-0.2, -0.15) is 0 Å². The number of aryl methyl sites for hydroxylation is 1. The minimum Gasteiger partial charge on any atom is -0.347 e. The average Bonchev–Trinajstić information content (AvgIpc) is 2.63. The van der Waals surface area contributed by atoms with Crippen molar-refractivity contribution < 1.29 is 4.79 Å². The van der Waals surface area contributed by atoms with Crippen molar-refractivity contribution in [1.29, 1.82) is 0 Å². The van der Waals surface area contributed by atoms with Crippen LogP contribution in [-0.4, -0.2) is 34.0 Å². The molecule has 4 nitrogen and oxygen atoms in total. The highest BCUT2D eigenvalue weighted by molar-refractivity contribution is 5.93. The molecule has 16 heavy (non-hydrogen) atoms. The van der Waals surface area contributed by atoms with E-state index in [1.54, 1.807) is 0 Å². The zero-order valence-electron chi connectivity index (χ0n) is 9.89. The summed E-state index contributed by atoms with van der Waals surface area (Å²) in [6.45, 7) is 2.84. The number of likely N-dealkylation sites (tertiary alicyclic amines) is 1. The fourth-order valence-corrected chi connectivity index (χ4v) is 2.34. The molecule has 1 aliphatic heterocycles. The van der Waals surface area contributed by atoms with E-state index in [2.05, 4.69) is 6.92 Å². The van der Waals surface area contributed by atoms with Crippen LogP contribution in [-0.2, 0) is 7.05 Å². The molecule has 2 atom stereocenters. The van der Waals surface area contributed by atoms with Crippen LogP contribution in [0.3, 0.4) is 0 Å². The number of amides is 1. The second kappa shape index (κ2) is 4.29. The molecule has 0 aromatic carbocycles. The van der Waals surface area contributed by atoms with E-state index in [9.17, 15) is 4.79 Å². The van der Waals surface area contributed by atoms with Gasteiger partial charge >= 0.3 is 0 Å². The van der Waals surface area contributed by atoms with Crippen LogP contribution in [0.2, 0.25) is 0 Å². The third kappa shape index (κ3) is 1.97. The predicted octanol–water partition coefficient (Wildman–Crippen LogP) is 0.977. The first-order chi connectivity index (χ1) is 7.59. The molecule has 2 N–H and O–H groups in total. The fourth-order valence-electron chi connectivity index (χ4n) is 2.34. The van der Waals surface area contributed by atoms with Crippen LogP contribution in [0.15, 0.2) is 18.3 Å². The van der Waals surface area contributed by atoms with Crippen LogP contribution in [0.4, 0.5) is 0 Å². The lowest BCUT2D eigenvalue weighted by Gasteiger charge is -2.36. The second-order valence-electron chi connectivity index (χ2n) is 4.64. The summed E-state index contributed by atoms with van der Waals surface area (Å²) in [5, 5.41) is 0. The van der Waals surface area contributed by atoms with Crippen LogP contribution in [0, 0.1) is 0 Å². The zero-order chi connectivity index (χ0) is 11.7. The van der Waals surface area contributed by atoms with Crippen molar-refractivity contribution in [1.82, 2.24) is 9.47 Å². The summed E-state index contributed by atoms with van der Waals surface area (Å²) in [6.07, 6.45) is 3.70. The topological polar surface area (TPSA) is 51.3 Å². The van der Waals surface area contributed by atoms with E-state index < -0.39 is 0 Å². The molecule has 1 saturated heterocycles. The van der Waals surface area contributed by atoms with Crippen LogP contribution in [0.5, 0.6) is 0 Å². The molecule has 1 fully saturated rings. The molecule has 2 rings (SSSR count). The predicted molar refractivity (Wildman–Crippen MR) is 63.1 cm³/mol. The highest BCUT2D eigenvalue weighted by atomic mass is 16.2. The molecule has 1 aliphatic rings. The lowest BCUT2D eigenvalue weighted by atomic mass is 9.99. The van der Waals surface area contributed by atoms with Crippen molar-refractivity contribution >= 4 is 5.91 Å². The summed E-state index contributed by atoms with van der Waals surface area (Å²) >= 11 is 0. The Morgan fingerprint density at radius 2 is 2.31 bits per heavy atom. The van der Waals surface area contributed by atoms with E-state index in [1.165, 1.54) is 0 Å². The Balaban J connectivity index is 2.14. The monoisotopic (exact) mass is 221 g/mol. The maximum absolute atomic E-state index is 12.3. The van der Waals surface area contributed by atoms with Gasteiger partial charge in [0, 0.05) is 31.9 Å². The summed E-state index contributed by atoms with van der Waals surface area (Å²) in [6, 6.07) is 4.25. The number of rotatable bonds is 1.